The second-order valence-electron chi connectivity index (χ2n) is 17.0. The third kappa shape index (κ3) is 14.4. The van der Waals surface area contributed by atoms with E-state index < -0.39 is 30.0 Å². The van der Waals surface area contributed by atoms with Gasteiger partial charge in [0.15, 0.2) is 11.5 Å². The quantitative estimate of drug-likeness (QED) is 0.0660. The predicted molar refractivity (Wildman–Crippen MR) is 242 cm³/mol. The van der Waals surface area contributed by atoms with Crippen LogP contribution in [-0.2, 0) is 20.9 Å². The number of hydrogen-bond donors (Lipinski definition) is 3. The predicted octanol–water partition coefficient (Wildman–Crippen LogP) is 10.1. The standard InChI is InChI=1S/C47H59ClF2N6O6S/c1-30-26-51-28-35(48)40(30)55-43(58)34-21-22-37(62-46(49)50)38(25-34)61-24-13-11-9-7-6-8-10-12-16-39(57)54-42(47(3,4)5)45(60)56-23-14-15-36(56)44(59)52-27-32-17-19-33(20-18-32)41-31(2)53-29-63-41/h17-22,25-26,28-29,36,42,46H,6-16,23-24,27H2,1-5H3,(H,52,59)(H,54,57)(H,51,55,58). The van der Waals surface area contributed by atoms with Gasteiger partial charge in [-0.15, -0.1) is 11.3 Å². The lowest BCUT2D eigenvalue weighted by atomic mass is 9.85. The van der Waals surface area contributed by atoms with Gasteiger partial charge in [-0.3, -0.25) is 24.2 Å². The maximum absolute atomic E-state index is 13.9. The number of thiazole rings is 1. The van der Waals surface area contributed by atoms with Gasteiger partial charge in [-0.1, -0.05) is 95.2 Å². The summed E-state index contributed by atoms with van der Waals surface area (Å²) in [6.45, 7) is 7.51. The molecule has 1 fully saturated rings. The second kappa shape index (κ2) is 23.5. The van der Waals surface area contributed by atoms with Gasteiger partial charge >= 0.3 is 6.61 Å². The fourth-order valence-electron chi connectivity index (χ4n) is 7.47. The second-order valence-corrected chi connectivity index (χ2v) is 18.2. The lowest BCUT2D eigenvalue weighted by molar-refractivity contribution is -0.143. The number of ether oxygens (including phenoxy) is 2. The van der Waals surface area contributed by atoms with E-state index in [1.807, 2.05) is 57.5 Å². The van der Waals surface area contributed by atoms with Gasteiger partial charge < -0.3 is 30.3 Å². The Morgan fingerprint density at radius 2 is 1.63 bits per heavy atom. The molecule has 3 N–H and O–H groups in total. The molecule has 2 aromatic heterocycles. The SMILES string of the molecule is Cc1cncc(Cl)c1NC(=O)c1ccc(OC(F)F)c(OCCCCCCCCCCC(=O)NC(C(=O)N2CCCC2C(=O)NCc2ccc(-c3scnc3C)cc2)C(C)(C)C)c1. The normalized spacial score (nSPS) is 14.4. The van der Waals surface area contributed by atoms with Crippen molar-refractivity contribution in [2.24, 2.45) is 5.41 Å². The molecule has 63 heavy (non-hydrogen) atoms. The van der Waals surface area contributed by atoms with Crippen molar-refractivity contribution in [1.82, 2.24) is 25.5 Å². The molecule has 16 heteroatoms. The molecule has 2 atom stereocenters. The topological polar surface area (TPSA) is 152 Å². The van der Waals surface area contributed by atoms with Crippen LogP contribution in [0, 0.1) is 19.3 Å². The molecule has 5 rings (SSSR count). The molecule has 4 amide bonds. The third-order valence-electron chi connectivity index (χ3n) is 11.0. The Hall–Kier alpha value is -5.15. The molecule has 1 saturated heterocycles. The Morgan fingerprint density at radius 3 is 2.29 bits per heavy atom. The molecule has 0 spiro atoms. The Kier molecular flexibility index (Phi) is 18.2. The zero-order valence-corrected chi connectivity index (χ0v) is 38.3. The van der Waals surface area contributed by atoms with E-state index in [2.05, 4.69) is 30.7 Å². The van der Waals surface area contributed by atoms with Gasteiger partial charge in [0.05, 0.1) is 33.4 Å². The maximum Gasteiger partial charge on any atom is 0.387 e. The number of alkyl halides is 2. The molecule has 12 nitrogen and oxygen atoms in total. The molecule has 1 aliphatic rings. The summed E-state index contributed by atoms with van der Waals surface area (Å²) in [4.78, 5) is 64.5. The summed E-state index contributed by atoms with van der Waals surface area (Å²) in [6.07, 6.45) is 11.6. The van der Waals surface area contributed by atoms with E-state index >= 15 is 0 Å². The Morgan fingerprint density at radius 1 is 0.937 bits per heavy atom. The van der Waals surface area contributed by atoms with Gasteiger partial charge in [0.25, 0.3) is 5.91 Å². The summed E-state index contributed by atoms with van der Waals surface area (Å²) in [5, 5.41) is 9.03. The highest BCUT2D eigenvalue weighted by Crippen LogP contribution is 2.32. The van der Waals surface area contributed by atoms with Crippen molar-refractivity contribution in [1.29, 1.82) is 0 Å². The number of amides is 4. The smallest absolute Gasteiger partial charge is 0.387 e. The van der Waals surface area contributed by atoms with Crippen LogP contribution in [0.3, 0.4) is 0 Å². The monoisotopic (exact) mass is 908 g/mol. The average molecular weight is 910 g/mol. The number of aryl methyl sites for hydroxylation is 2. The summed E-state index contributed by atoms with van der Waals surface area (Å²) >= 11 is 7.78. The van der Waals surface area contributed by atoms with Crippen LogP contribution in [0.4, 0.5) is 14.5 Å². The molecule has 0 radical (unpaired) electrons. The number of halogens is 3. The molecule has 4 aromatic rings. The zero-order chi connectivity index (χ0) is 45.5. The first-order valence-corrected chi connectivity index (χ1v) is 22.9. The summed E-state index contributed by atoms with van der Waals surface area (Å²) in [7, 11) is 0. The molecule has 0 aliphatic carbocycles. The highest BCUT2D eigenvalue weighted by atomic mass is 35.5. The van der Waals surface area contributed by atoms with Gasteiger partial charge in [0.1, 0.15) is 12.1 Å². The van der Waals surface area contributed by atoms with Crippen molar-refractivity contribution < 1.29 is 37.4 Å². The van der Waals surface area contributed by atoms with Gasteiger partial charge in [-0.25, -0.2) is 4.98 Å². The van der Waals surface area contributed by atoms with E-state index in [1.165, 1.54) is 24.4 Å². The summed E-state index contributed by atoms with van der Waals surface area (Å²) in [5.41, 5.74) is 5.56. The van der Waals surface area contributed by atoms with Gasteiger partial charge in [0, 0.05) is 37.5 Å². The number of carbonyl (C=O) groups excluding carboxylic acids is 4. The number of nitrogens with one attached hydrogen (secondary N) is 3. The number of pyridine rings is 1. The minimum atomic E-state index is -3.06. The van der Waals surface area contributed by atoms with Crippen molar-refractivity contribution in [2.75, 3.05) is 18.5 Å². The zero-order valence-electron chi connectivity index (χ0n) is 36.7. The van der Waals surface area contributed by atoms with Crippen LogP contribution >= 0.6 is 22.9 Å². The molecule has 0 saturated carbocycles. The molecule has 1 aliphatic heterocycles. The van der Waals surface area contributed by atoms with Crippen LogP contribution in [0.5, 0.6) is 11.5 Å². The van der Waals surface area contributed by atoms with Gasteiger partial charge in [-0.2, -0.15) is 8.78 Å². The number of carbonyl (C=O) groups is 4. The molecular formula is C47H59ClF2N6O6S. The van der Waals surface area contributed by atoms with Crippen LogP contribution in [0.25, 0.3) is 10.4 Å². The van der Waals surface area contributed by atoms with Gasteiger partial charge in [-0.05, 0) is 79.8 Å². The van der Waals surface area contributed by atoms with E-state index in [0.717, 1.165) is 60.2 Å². The lowest BCUT2D eigenvalue weighted by Crippen LogP contribution is -2.57. The highest BCUT2D eigenvalue weighted by Gasteiger charge is 2.41. The van der Waals surface area contributed by atoms with Crippen molar-refractivity contribution in [2.45, 2.75) is 130 Å². The number of aromatic nitrogens is 2. The number of rotatable bonds is 22. The van der Waals surface area contributed by atoms with Crippen LogP contribution < -0.4 is 25.4 Å². The fourth-order valence-corrected chi connectivity index (χ4v) is 8.54. The number of benzene rings is 2. The Labute approximate surface area is 377 Å². The summed E-state index contributed by atoms with van der Waals surface area (Å²) in [5.74, 6) is -1.21. The van der Waals surface area contributed by atoms with E-state index in [0.29, 0.717) is 56.4 Å². The molecule has 3 heterocycles. The minimum Gasteiger partial charge on any atom is -0.490 e. The van der Waals surface area contributed by atoms with Crippen LogP contribution in [0.1, 0.15) is 119 Å². The first kappa shape index (κ1) is 48.9. The van der Waals surface area contributed by atoms with Crippen LogP contribution in [0.2, 0.25) is 5.02 Å². The first-order valence-electron chi connectivity index (χ1n) is 21.6. The van der Waals surface area contributed by atoms with E-state index in [4.69, 9.17) is 16.3 Å². The van der Waals surface area contributed by atoms with E-state index in [1.54, 1.807) is 29.4 Å². The van der Waals surface area contributed by atoms with Crippen molar-refractivity contribution in [3.63, 3.8) is 0 Å². The Balaban J connectivity index is 0.979. The third-order valence-corrected chi connectivity index (χ3v) is 12.3. The minimum absolute atomic E-state index is 0.0440. The van der Waals surface area contributed by atoms with Gasteiger partial charge in [0.2, 0.25) is 17.7 Å². The first-order chi connectivity index (χ1) is 30.1. The molecule has 0 bridgehead atoms. The summed E-state index contributed by atoms with van der Waals surface area (Å²) < 4.78 is 36.6. The fraction of sp³-hybridized carbons (Fsp3) is 0.489. The Bertz CT molecular complexity index is 2140. The number of likely N-dealkylation sites (tertiary alicyclic amines) is 1. The number of hydrogen-bond acceptors (Lipinski definition) is 9. The molecule has 2 aromatic carbocycles. The lowest BCUT2D eigenvalue weighted by Gasteiger charge is -2.35. The van der Waals surface area contributed by atoms with Crippen molar-refractivity contribution in [3.05, 3.63) is 87.8 Å². The molecule has 340 valence electrons. The highest BCUT2D eigenvalue weighted by molar-refractivity contribution is 7.13. The van der Waals surface area contributed by atoms with Crippen LogP contribution in [0.15, 0.2) is 60.4 Å². The molecule has 2 unspecified atom stereocenters. The maximum atomic E-state index is 13.9. The van der Waals surface area contributed by atoms with Crippen molar-refractivity contribution in [3.8, 4) is 21.9 Å². The van der Waals surface area contributed by atoms with Crippen LogP contribution in [-0.4, -0.2) is 70.3 Å². The number of nitrogens with zero attached hydrogens (tertiary/aromatic N) is 3. The van der Waals surface area contributed by atoms with E-state index in [-0.39, 0.29) is 46.4 Å². The van der Waals surface area contributed by atoms with E-state index in [9.17, 15) is 28.0 Å². The molecular weight excluding hydrogens is 850 g/mol. The average Bonchev–Trinajstić information content (AvgIpc) is 3.92. The number of anilines is 1. The summed E-state index contributed by atoms with van der Waals surface area (Å²) in [6, 6.07) is 10.7. The largest absolute Gasteiger partial charge is 0.490 e. The van der Waals surface area contributed by atoms with Crippen molar-refractivity contribution >= 4 is 52.3 Å². The number of unbranched alkanes of at least 4 members (excludes halogenated alkanes) is 7.